The van der Waals surface area contributed by atoms with Crippen molar-refractivity contribution in [3.05, 3.63) is 35.1 Å². The predicted molar refractivity (Wildman–Crippen MR) is 55.0 cm³/mol. The Hall–Kier alpha value is -0.980. The minimum absolute atomic E-state index is 0.291. The van der Waals surface area contributed by atoms with Gasteiger partial charge in [0.1, 0.15) is 5.82 Å². The molecule has 1 aromatic carbocycles. The maximum absolute atomic E-state index is 12.8. The van der Waals surface area contributed by atoms with Gasteiger partial charge in [-0.05, 0) is 17.7 Å². The fourth-order valence-electron chi connectivity index (χ4n) is 0.978. The van der Waals surface area contributed by atoms with Gasteiger partial charge in [-0.15, -0.1) is 0 Å². The normalized spacial score (nSPS) is 9.15. The van der Waals surface area contributed by atoms with Gasteiger partial charge >= 0.3 is 0 Å². The molecule has 0 heterocycles. The Bertz CT molecular complexity index is 352. The monoisotopic (exact) mass is 195 g/mol. The van der Waals surface area contributed by atoms with Crippen LogP contribution in [0.4, 0.5) is 4.39 Å². The summed E-state index contributed by atoms with van der Waals surface area (Å²) in [6, 6.07) is 4.42. The molecule has 0 saturated carbocycles. The maximum atomic E-state index is 12.8. The van der Waals surface area contributed by atoms with Gasteiger partial charge in [0.05, 0.1) is 5.75 Å². The van der Waals surface area contributed by atoms with Gasteiger partial charge in [0.2, 0.25) is 0 Å². The topological polar surface area (TPSA) is 26.0 Å². The van der Waals surface area contributed by atoms with Crippen LogP contribution >= 0.6 is 12.6 Å². The van der Waals surface area contributed by atoms with E-state index >= 15 is 0 Å². The highest BCUT2D eigenvalue weighted by Crippen LogP contribution is 2.09. The Balaban J connectivity index is 3.08. The van der Waals surface area contributed by atoms with Crippen molar-refractivity contribution in [1.82, 2.24) is 0 Å². The second kappa shape index (κ2) is 4.90. The first-order valence-electron chi connectivity index (χ1n) is 3.86. The zero-order valence-corrected chi connectivity index (χ0v) is 7.94. The lowest BCUT2D eigenvalue weighted by atomic mass is 10.1. The van der Waals surface area contributed by atoms with Gasteiger partial charge in [-0.1, -0.05) is 17.9 Å². The molecule has 1 rings (SSSR count). The molecule has 3 heteroatoms. The Morgan fingerprint density at radius 2 is 2.23 bits per heavy atom. The zero-order valence-electron chi connectivity index (χ0n) is 7.05. The average Bonchev–Trinajstić information content (AvgIpc) is 2.15. The van der Waals surface area contributed by atoms with Crippen molar-refractivity contribution < 1.29 is 4.39 Å². The summed E-state index contributed by atoms with van der Waals surface area (Å²) in [6.45, 7) is 0.372. The summed E-state index contributed by atoms with van der Waals surface area (Å²) in [5, 5.41) is 0. The van der Waals surface area contributed by atoms with E-state index < -0.39 is 0 Å². The number of hydrogen-bond acceptors (Lipinski definition) is 2. The van der Waals surface area contributed by atoms with E-state index in [1.165, 1.54) is 12.1 Å². The highest BCUT2D eigenvalue weighted by Gasteiger charge is 1.98. The molecule has 1 aromatic rings. The third-order valence-electron chi connectivity index (χ3n) is 1.59. The fraction of sp³-hybridized carbons (Fsp3) is 0.200. The first-order valence-corrected chi connectivity index (χ1v) is 4.49. The predicted octanol–water partition coefficient (Wildman–Crippen LogP) is 1.57. The lowest BCUT2D eigenvalue weighted by molar-refractivity contribution is 0.626. The van der Waals surface area contributed by atoms with Gasteiger partial charge in [-0.3, -0.25) is 0 Å². The van der Waals surface area contributed by atoms with E-state index in [4.69, 9.17) is 5.73 Å². The molecule has 0 aromatic heterocycles. The van der Waals surface area contributed by atoms with E-state index in [1.54, 1.807) is 6.07 Å². The summed E-state index contributed by atoms with van der Waals surface area (Å²) in [4.78, 5) is 0. The molecule has 0 radical (unpaired) electrons. The largest absolute Gasteiger partial charge is 0.326 e. The number of benzene rings is 1. The van der Waals surface area contributed by atoms with Crippen LogP contribution in [0, 0.1) is 17.7 Å². The number of thiol groups is 1. The quantitative estimate of drug-likeness (QED) is 0.516. The van der Waals surface area contributed by atoms with E-state index in [0.29, 0.717) is 17.9 Å². The van der Waals surface area contributed by atoms with Gasteiger partial charge < -0.3 is 5.73 Å². The maximum Gasteiger partial charge on any atom is 0.124 e. The molecule has 13 heavy (non-hydrogen) atoms. The molecule has 0 fully saturated rings. The molecule has 1 nitrogen and oxygen atoms in total. The summed E-state index contributed by atoms with van der Waals surface area (Å²) in [6.07, 6.45) is 0. The van der Waals surface area contributed by atoms with Crippen LogP contribution in [0.1, 0.15) is 11.1 Å². The van der Waals surface area contributed by atoms with Crippen LogP contribution in [-0.2, 0) is 6.54 Å². The smallest absolute Gasteiger partial charge is 0.124 e. The van der Waals surface area contributed by atoms with Crippen LogP contribution in [0.5, 0.6) is 0 Å². The molecule has 0 unspecified atom stereocenters. The summed E-state index contributed by atoms with van der Waals surface area (Å²) in [7, 11) is 0. The van der Waals surface area contributed by atoms with Gasteiger partial charge in [0.25, 0.3) is 0 Å². The van der Waals surface area contributed by atoms with Crippen LogP contribution in [0.2, 0.25) is 0 Å². The summed E-state index contributed by atoms with van der Waals surface area (Å²) in [5.74, 6) is 5.73. The van der Waals surface area contributed by atoms with E-state index in [1.807, 2.05) is 0 Å². The SMILES string of the molecule is NCc1ccc(F)cc1C#CCS. The molecule has 0 bridgehead atoms. The van der Waals surface area contributed by atoms with Crippen molar-refractivity contribution in [2.75, 3.05) is 5.75 Å². The molecule has 0 saturated heterocycles. The first-order chi connectivity index (χ1) is 6.27. The van der Waals surface area contributed by atoms with Crippen LogP contribution in [0.25, 0.3) is 0 Å². The molecular formula is C10H10FNS. The first kappa shape index (κ1) is 10.1. The Morgan fingerprint density at radius 3 is 2.85 bits per heavy atom. The van der Waals surface area contributed by atoms with Crippen molar-refractivity contribution in [3.63, 3.8) is 0 Å². The lowest BCUT2D eigenvalue weighted by Crippen LogP contribution is -1.99. The van der Waals surface area contributed by atoms with Gasteiger partial charge in [-0.25, -0.2) is 4.39 Å². The Kier molecular flexibility index (Phi) is 3.81. The van der Waals surface area contributed by atoms with E-state index in [9.17, 15) is 4.39 Å². The zero-order chi connectivity index (χ0) is 9.68. The molecule has 2 N–H and O–H groups in total. The number of hydrogen-bond donors (Lipinski definition) is 2. The van der Waals surface area contributed by atoms with Crippen molar-refractivity contribution in [1.29, 1.82) is 0 Å². The number of halogens is 1. The minimum atomic E-state index is -0.291. The van der Waals surface area contributed by atoms with Gasteiger partial charge in [0, 0.05) is 12.1 Å². The lowest BCUT2D eigenvalue weighted by Gasteiger charge is -2.00. The Morgan fingerprint density at radius 1 is 1.46 bits per heavy atom. The summed E-state index contributed by atoms with van der Waals surface area (Å²) < 4.78 is 12.8. The molecule has 0 aliphatic carbocycles. The van der Waals surface area contributed by atoms with Crippen molar-refractivity contribution in [3.8, 4) is 11.8 Å². The van der Waals surface area contributed by atoms with E-state index in [0.717, 1.165) is 5.56 Å². The number of nitrogens with two attached hydrogens (primary N) is 1. The molecular weight excluding hydrogens is 185 g/mol. The second-order valence-corrected chi connectivity index (χ2v) is 2.78. The molecule has 0 aliphatic heterocycles. The highest BCUT2D eigenvalue weighted by molar-refractivity contribution is 7.80. The van der Waals surface area contributed by atoms with Crippen molar-refractivity contribution in [2.24, 2.45) is 5.73 Å². The highest BCUT2D eigenvalue weighted by atomic mass is 32.1. The standard InChI is InChI=1S/C10H10FNS/c11-10-4-3-9(7-12)8(6-10)2-1-5-13/h3-4,6,13H,5,7,12H2. The van der Waals surface area contributed by atoms with Crippen LogP contribution < -0.4 is 5.73 Å². The third-order valence-corrected chi connectivity index (χ3v) is 1.75. The van der Waals surface area contributed by atoms with Gasteiger partial charge in [-0.2, -0.15) is 12.6 Å². The van der Waals surface area contributed by atoms with Crippen LogP contribution in [0.15, 0.2) is 18.2 Å². The Labute approximate surface area is 82.6 Å². The van der Waals surface area contributed by atoms with Crippen molar-refractivity contribution in [2.45, 2.75) is 6.54 Å². The second-order valence-electron chi connectivity index (χ2n) is 2.47. The average molecular weight is 195 g/mol. The minimum Gasteiger partial charge on any atom is -0.326 e. The summed E-state index contributed by atoms with van der Waals surface area (Å²) in [5.41, 5.74) is 6.97. The van der Waals surface area contributed by atoms with Gasteiger partial charge in [0.15, 0.2) is 0 Å². The fourth-order valence-corrected chi connectivity index (χ4v) is 1.06. The van der Waals surface area contributed by atoms with Crippen LogP contribution in [-0.4, -0.2) is 5.75 Å². The third kappa shape index (κ3) is 2.76. The number of rotatable bonds is 1. The molecule has 0 amide bonds. The molecule has 0 spiro atoms. The molecule has 68 valence electrons. The summed E-state index contributed by atoms with van der Waals surface area (Å²) >= 11 is 3.94. The molecule has 0 aliphatic rings. The van der Waals surface area contributed by atoms with Crippen LogP contribution in [0.3, 0.4) is 0 Å². The molecule has 0 atom stereocenters. The van der Waals surface area contributed by atoms with E-state index in [2.05, 4.69) is 24.5 Å². The van der Waals surface area contributed by atoms with Crippen molar-refractivity contribution >= 4 is 12.6 Å². The van der Waals surface area contributed by atoms with E-state index in [-0.39, 0.29) is 5.82 Å².